The van der Waals surface area contributed by atoms with E-state index in [1.54, 1.807) is 6.92 Å². The van der Waals surface area contributed by atoms with Crippen molar-refractivity contribution in [1.82, 2.24) is 0 Å². The van der Waals surface area contributed by atoms with Crippen LogP contribution in [0.15, 0.2) is 0 Å². The normalized spacial score (nSPS) is 15.3. The molecule has 3 heteroatoms. The molecule has 0 spiro atoms. The molecular formula is C9H19NO2. The van der Waals surface area contributed by atoms with Gasteiger partial charge in [0.1, 0.15) is 6.04 Å². The van der Waals surface area contributed by atoms with Crippen molar-refractivity contribution in [2.24, 2.45) is 11.7 Å². The molecule has 0 fully saturated rings. The standard InChI is InChI=1S/C9H19NO2/c1-4-7(3)6-8(10)9(11)12-5-2/h7-8H,4-6,10H2,1-3H3/t7-,8-/m1/s1. The number of esters is 1. The zero-order chi connectivity index (χ0) is 9.56. The van der Waals surface area contributed by atoms with Crippen molar-refractivity contribution in [1.29, 1.82) is 0 Å². The smallest absolute Gasteiger partial charge is 0.322 e. The van der Waals surface area contributed by atoms with Gasteiger partial charge < -0.3 is 10.5 Å². The van der Waals surface area contributed by atoms with Gasteiger partial charge in [0.15, 0.2) is 0 Å². The summed E-state index contributed by atoms with van der Waals surface area (Å²) < 4.78 is 4.79. The molecule has 0 aliphatic carbocycles. The summed E-state index contributed by atoms with van der Waals surface area (Å²) in [4.78, 5) is 11.0. The van der Waals surface area contributed by atoms with Gasteiger partial charge in [0.05, 0.1) is 6.61 Å². The summed E-state index contributed by atoms with van der Waals surface area (Å²) in [7, 11) is 0. The molecular weight excluding hydrogens is 154 g/mol. The van der Waals surface area contributed by atoms with Crippen molar-refractivity contribution < 1.29 is 9.53 Å². The molecule has 12 heavy (non-hydrogen) atoms. The summed E-state index contributed by atoms with van der Waals surface area (Å²) in [6, 6.07) is -0.445. The second-order valence-electron chi connectivity index (χ2n) is 3.11. The minimum Gasteiger partial charge on any atom is -0.465 e. The largest absolute Gasteiger partial charge is 0.465 e. The second kappa shape index (κ2) is 6.00. The molecule has 72 valence electrons. The molecule has 0 aromatic heterocycles. The van der Waals surface area contributed by atoms with Crippen LogP contribution in [0, 0.1) is 5.92 Å². The van der Waals surface area contributed by atoms with Gasteiger partial charge >= 0.3 is 5.97 Å². The van der Waals surface area contributed by atoms with E-state index in [4.69, 9.17) is 10.5 Å². The van der Waals surface area contributed by atoms with Gasteiger partial charge in [-0.05, 0) is 19.3 Å². The van der Waals surface area contributed by atoms with Gasteiger partial charge in [0.25, 0.3) is 0 Å². The summed E-state index contributed by atoms with van der Waals surface area (Å²) in [5.41, 5.74) is 5.61. The van der Waals surface area contributed by atoms with Gasteiger partial charge in [-0.25, -0.2) is 0 Å². The lowest BCUT2D eigenvalue weighted by Crippen LogP contribution is -2.33. The first kappa shape index (κ1) is 11.4. The molecule has 0 aliphatic rings. The molecule has 0 aromatic carbocycles. The molecule has 0 rings (SSSR count). The number of carbonyl (C=O) groups excluding carboxylic acids is 1. The molecule has 0 amide bonds. The number of hydrogen-bond acceptors (Lipinski definition) is 3. The fraction of sp³-hybridized carbons (Fsp3) is 0.889. The molecule has 0 heterocycles. The Labute approximate surface area is 74.3 Å². The molecule has 0 bridgehead atoms. The Morgan fingerprint density at radius 3 is 2.50 bits per heavy atom. The monoisotopic (exact) mass is 173 g/mol. The van der Waals surface area contributed by atoms with Gasteiger partial charge in [-0.3, -0.25) is 4.79 Å². The van der Waals surface area contributed by atoms with Gasteiger partial charge in [-0.1, -0.05) is 20.3 Å². The van der Waals surface area contributed by atoms with E-state index < -0.39 is 6.04 Å². The highest BCUT2D eigenvalue weighted by Gasteiger charge is 2.16. The van der Waals surface area contributed by atoms with Gasteiger partial charge in [-0.15, -0.1) is 0 Å². The average molecular weight is 173 g/mol. The quantitative estimate of drug-likeness (QED) is 0.638. The Hall–Kier alpha value is -0.570. The molecule has 3 nitrogen and oxygen atoms in total. The van der Waals surface area contributed by atoms with Gasteiger partial charge in [-0.2, -0.15) is 0 Å². The van der Waals surface area contributed by atoms with Crippen molar-refractivity contribution in [2.45, 2.75) is 39.7 Å². The highest BCUT2D eigenvalue weighted by Crippen LogP contribution is 2.09. The lowest BCUT2D eigenvalue weighted by atomic mass is 10.0. The minimum atomic E-state index is -0.445. The van der Waals surface area contributed by atoms with E-state index in [-0.39, 0.29) is 5.97 Å². The van der Waals surface area contributed by atoms with Crippen molar-refractivity contribution in [3.8, 4) is 0 Å². The lowest BCUT2D eigenvalue weighted by molar-refractivity contribution is -0.145. The van der Waals surface area contributed by atoms with Crippen LogP contribution in [-0.4, -0.2) is 18.6 Å². The molecule has 0 aromatic rings. The van der Waals surface area contributed by atoms with Crippen LogP contribution in [-0.2, 0) is 9.53 Å². The van der Waals surface area contributed by atoms with E-state index in [9.17, 15) is 4.79 Å². The maximum Gasteiger partial charge on any atom is 0.322 e. The van der Waals surface area contributed by atoms with Crippen molar-refractivity contribution in [3.05, 3.63) is 0 Å². The van der Waals surface area contributed by atoms with Gasteiger partial charge in [0, 0.05) is 0 Å². The number of rotatable bonds is 5. The SMILES string of the molecule is CCOC(=O)[C@H](N)C[C@H](C)CC. The third-order valence-corrected chi connectivity index (χ3v) is 1.94. The number of ether oxygens (including phenoxy) is 1. The van der Waals surface area contributed by atoms with Crippen molar-refractivity contribution in [3.63, 3.8) is 0 Å². The summed E-state index contributed by atoms with van der Waals surface area (Å²) in [5.74, 6) is 0.210. The first-order valence-electron chi connectivity index (χ1n) is 4.54. The Morgan fingerprint density at radius 2 is 2.08 bits per heavy atom. The molecule has 0 saturated carbocycles. The van der Waals surface area contributed by atoms with Crippen LogP contribution in [0.5, 0.6) is 0 Å². The van der Waals surface area contributed by atoms with E-state index in [0.29, 0.717) is 12.5 Å². The Kier molecular flexibility index (Phi) is 5.72. The van der Waals surface area contributed by atoms with Gasteiger partial charge in [0.2, 0.25) is 0 Å². The van der Waals surface area contributed by atoms with E-state index in [2.05, 4.69) is 13.8 Å². The van der Waals surface area contributed by atoms with Crippen LogP contribution in [0.4, 0.5) is 0 Å². The summed E-state index contributed by atoms with van der Waals surface area (Å²) in [5, 5.41) is 0. The van der Waals surface area contributed by atoms with Crippen molar-refractivity contribution in [2.75, 3.05) is 6.61 Å². The zero-order valence-corrected chi connectivity index (χ0v) is 8.17. The fourth-order valence-electron chi connectivity index (χ4n) is 0.946. The highest BCUT2D eigenvalue weighted by molar-refractivity contribution is 5.75. The maximum absolute atomic E-state index is 11.0. The van der Waals surface area contributed by atoms with E-state index in [1.165, 1.54) is 0 Å². The zero-order valence-electron chi connectivity index (χ0n) is 8.17. The maximum atomic E-state index is 11.0. The second-order valence-corrected chi connectivity index (χ2v) is 3.11. The van der Waals surface area contributed by atoms with Crippen LogP contribution < -0.4 is 5.73 Å². The first-order valence-corrected chi connectivity index (χ1v) is 4.54. The average Bonchev–Trinajstić information content (AvgIpc) is 2.04. The number of hydrogen-bond donors (Lipinski definition) is 1. The topological polar surface area (TPSA) is 52.3 Å². The fourth-order valence-corrected chi connectivity index (χ4v) is 0.946. The molecule has 0 unspecified atom stereocenters. The molecule has 0 aliphatic heterocycles. The van der Waals surface area contributed by atoms with E-state index in [0.717, 1.165) is 12.8 Å². The van der Waals surface area contributed by atoms with Crippen LogP contribution in [0.1, 0.15) is 33.6 Å². The minimum absolute atomic E-state index is 0.280. The van der Waals surface area contributed by atoms with Crippen LogP contribution in [0.3, 0.4) is 0 Å². The van der Waals surface area contributed by atoms with Crippen molar-refractivity contribution >= 4 is 5.97 Å². The molecule has 2 N–H and O–H groups in total. The molecule has 0 saturated heterocycles. The van der Waals surface area contributed by atoms with E-state index >= 15 is 0 Å². The Bertz CT molecular complexity index is 136. The predicted octanol–water partition coefficient (Wildman–Crippen LogP) is 1.31. The predicted molar refractivity (Wildman–Crippen MR) is 48.7 cm³/mol. The van der Waals surface area contributed by atoms with Crippen LogP contribution in [0.25, 0.3) is 0 Å². The molecule has 0 radical (unpaired) electrons. The third kappa shape index (κ3) is 4.34. The number of nitrogens with two attached hydrogens (primary N) is 1. The third-order valence-electron chi connectivity index (χ3n) is 1.94. The summed E-state index contributed by atoms with van der Waals surface area (Å²) in [6.45, 7) is 6.36. The highest BCUT2D eigenvalue weighted by atomic mass is 16.5. The Morgan fingerprint density at radius 1 is 1.50 bits per heavy atom. The van der Waals surface area contributed by atoms with E-state index in [1.807, 2.05) is 0 Å². The summed E-state index contributed by atoms with van der Waals surface area (Å²) in [6.07, 6.45) is 1.77. The molecule has 2 atom stereocenters. The lowest BCUT2D eigenvalue weighted by Gasteiger charge is -2.14. The Balaban J connectivity index is 3.70. The number of carbonyl (C=O) groups is 1. The van der Waals surface area contributed by atoms with Crippen LogP contribution >= 0.6 is 0 Å². The van der Waals surface area contributed by atoms with Crippen LogP contribution in [0.2, 0.25) is 0 Å². The first-order chi connectivity index (χ1) is 5.61. The summed E-state index contributed by atoms with van der Waals surface area (Å²) >= 11 is 0.